The van der Waals surface area contributed by atoms with Crippen LogP contribution in [-0.4, -0.2) is 58.6 Å². The molecule has 2 unspecified atom stereocenters. The van der Waals surface area contributed by atoms with Crippen molar-refractivity contribution >= 4 is 43.4 Å². The molecule has 2 aromatic carbocycles. The third kappa shape index (κ3) is 5.68. The van der Waals surface area contributed by atoms with Crippen LogP contribution in [0.4, 0.5) is 0 Å². The molecule has 180 valence electrons. The largest absolute Gasteiger partial charge is 1.00 e. The van der Waals surface area contributed by atoms with E-state index in [1.54, 1.807) is 12.1 Å². The first-order valence-corrected chi connectivity index (χ1v) is 12.6. The molecule has 0 amide bonds. The van der Waals surface area contributed by atoms with E-state index in [9.17, 15) is 45.1 Å². The van der Waals surface area contributed by atoms with Gasteiger partial charge in [0.1, 0.15) is 29.7 Å². The molecule has 0 N–H and O–H groups in total. The van der Waals surface area contributed by atoms with E-state index in [-0.39, 0.29) is 81.4 Å². The Morgan fingerprint density at radius 1 is 0.583 bits per heavy atom. The average molecular weight is 552 g/mol. The van der Waals surface area contributed by atoms with Crippen LogP contribution in [0.2, 0.25) is 0 Å². The van der Waals surface area contributed by atoms with Crippen molar-refractivity contribution in [3.8, 4) is 0 Å². The van der Waals surface area contributed by atoms with E-state index < -0.39 is 65.7 Å². The van der Waals surface area contributed by atoms with Gasteiger partial charge in [-0.3, -0.25) is 19.2 Å². The molecule has 2 aliphatic rings. The van der Waals surface area contributed by atoms with E-state index in [1.807, 2.05) is 0 Å². The van der Waals surface area contributed by atoms with Crippen LogP contribution in [0.3, 0.4) is 0 Å². The van der Waals surface area contributed by atoms with E-state index in [1.165, 1.54) is 36.4 Å². The zero-order chi connectivity index (χ0) is 25.7. The van der Waals surface area contributed by atoms with Gasteiger partial charge in [0.15, 0.2) is 23.1 Å². The standard InChI is InChI=1S/2C11H10O5S.2Na/c2*1-11(17(14,15)16)6-9(12)7-4-2-3-5-8(7)10(11)13;;/h2*2-5H,6H2,1H3,(H,14,15,16);;/q;;2*+1/p-2. The Morgan fingerprint density at radius 3 is 1.08 bits per heavy atom. The molecule has 0 saturated heterocycles. The molecule has 0 aliphatic heterocycles. The number of hydrogen-bond donors (Lipinski definition) is 0. The van der Waals surface area contributed by atoms with Crippen LogP contribution >= 0.6 is 0 Å². The van der Waals surface area contributed by atoms with Crippen LogP contribution in [0, 0.1) is 0 Å². The minimum atomic E-state index is -4.87. The number of hydrogen-bond acceptors (Lipinski definition) is 10. The third-order valence-corrected chi connectivity index (χ3v) is 8.87. The van der Waals surface area contributed by atoms with Gasteiger partial charge in [0.05, 0.1) is 0 Å². The summed E-state index contributed by atoms with van der Waals surface area (Å²) in [5.41, 5.74) is 0.369. The first kappa shape index (κ1) is 33.0. The number of rotatable bonds is 2. The topological polar surface area (TPSA) is 183 Å². The van der Waals surface area contributed by atoms with E-state index in [2.05, 4.69) is 0 Å². The molecule has 0 bridgehead atoms. The molecule has 0 spiro atoms. The molecular formula is C22H18Na2O10S2. The van der Waals surface area contributed by atoms with Gasteiger partial charge in [-0.1, -0.05) is 48.5 Å². The monoisotopic (exact) mass is 552 g/mol. The van der Waals surface area contributed by atoms with Gasteiger partial charge >= 0.3 is 59.1 Å². The Hall–Kier alpha value is -1.06. The van der Waals surface area contributed by atoms with Gasteiger partial charge in [0.2, 0.25) is 0 Å². The molecule has 0 radical (unpaired) electrons. The first-order chi connectivity index (χ1) is 15.5. The number of fused-ring (bicyclic) bond motifs is 2. The van der Waals surface area contributed by atoms with Gasteiger partial charge in [-0.05, 0) is 13.8 Å². The van der Waals surface area contributed by atoms with Crippen molar-refractivity contribution in [2.75, 3.05) is 0 Å². The van der Waals surface area contributed by atoms with Crippen LogP contribution in [0.15, 0.2) is 48.5 Å². The SMILES string of the molecule is CC1(S(=O)(=O)[O-])CC(=O)c2ccccc2C1=O.CC1(S(=O)(=O)[O-])CC(=O)c2ccccc2C1=O.[Na+].[Na+]. The van der Waals surface area contributed by atoms with Crippen LogP contribution in [0.1, 0.15) is 68.1 Å². The van der Waals surface area contributed by atoms with E-state index in [0.29, 0.717) is 0 Å². The summed E-state index contributed by atoms with van der Waals surface area (Å²) >= 11 is 0. The average Bonchev–Trinajstić information content (AvgIpc) is 2.75. The van der Waals surface area contributed by atoms with Crippen LogP contribution in [-0.2, 0) is 20.2 Å². The molecule has 2 aliphatic carbocycles. The summed E-state index contributed by atoms with van der Waals surface area (Å²) in [7, 11) is -9.74. The fraction of sp³-hybridized carbons (Fsp3) is 0.273. The molecule has 14 heteroatoms. The minimum absolute atomic E-state index is 0. The first-order valence-electron chi connectivity index (χ1n) is 9.79. The van der Waals surface area contributed by atoms with E-state index in [4.69, 9.17) is 0 Å². The maximum atomic E-state index is 12.0. The van der Waals surface area contributed by atoms with E-state index in [0.717, 1.165) is 13.8 Å². The molecule has 4 rings (SSSR count). The summed E-state index contributed by atoms with van der Waals surface area (Å²) in [6.45, 7) is 2.01. The summed E-state index contributed by atoms with van der Waals surface area (Å²) in [4.78, 5) is 47.5. The Bertz CT molecular complexity index is 1360. The molecule has 2 aromatic rings. The third-order valence-electron chi connectivity index (χ3n) is 6.00. The second-order valence-electron chi connectivity index (χ2n) is 8.32. The summed E-state index contributed by atoms with van der Waals surface area (Å²) in [5, 5.41) is 0. The summed E-state index contributed by atoms with van der Waals surface area (Å²) in [6, 6.07) is 11.8. The zero-order valence-corrected chi connectivity index (χ0v) is 25.6. The molecular weight excluding hydrogens is 534 g/mol. The molecule has 0 heterocycles. The fourth-order valence-electron chi connectivity index (χ4n) is 3.79. The quantitative estimate of drug-likeness (QED) is 0.260. The Labute approximate surface area is 252 Å². The van der Waals surface area contributed by atoms with Gasteiger partial charge in [-0.15, -0.1) is 0 Å². The Morgan fingerprint density at radius 2 is 0.833 bits per heavy atom. The van der Waals surface area contributed by atoms with Gasteiger partial charge in [0, 0.05) is 35.1 Å². The molecule has 0 aromatic heterocycles. The fourth-order valence-corrected chi connectivity index (χ4v) is 5.08. The summed E-state index contributed by atoms with van der Waals surface area (Å²) < 4.78 is 62.5. The van der Waals surface area contributed by atoms with Crippen molar-refractivity contribution in [2.24, 2.45) is 0 Å². The molecule has 10 nitrogen and oxygen atoms in total. The second-order valence-corrected chi connectivity index (χ2v) is 11.9. The molecule has 0 fully saturated rings. The maximum Gasteiger partial charge on any atom is 1.00 e. The Kier molecular flexibility index (Phi) is 10.4. The molecule has 0 saturated carbocycles. The van der Waals surface area contributed by atoms with Crippen LogP contribution < -0.4 is 59.1 Å². The van der Waals surface area contributed by atoms with Crippen molar-refractivity contribution in [3.05, 3.63) is 70.8 Å². The van der Waals surface area contributed by atoms with Gasteiger partial charge in [-0.2, -0.15) is 0 Å². The van der Waals surface area contributed by atoms with Crippen molar-refractivity contribution in [2.45, 2.75) is 36.2 Å². The number of ketones is 4. The van der Waals surface area contributed by atoms with Crippen molar-refractivity contribution in [1.82, 2.24) is 0 Å². The van der Waals surface area contributed by atoms with Crippen molar-refractivity contribution in [3.63, 3.8) is 0 Å². The summed E-state index contributed by atoms with van der Waals surface area (Å²) in [5.74, 6) is -2.60. The summed E-state index contributed by atoms with van der Waals surface area (Å²) in [6.07, 6.45) is -1.18. The smallest absolute Gasteiger partial charge is 0.747 e. The van der Waals surface area contributed by atoms with Crippen LogP contribution in [0.25, 0.3) is 0 Å². The maximum absolute atomic E-state index is 12.0. The number of benzene rings is 2. The predicted octanol–water partition coefficient (Wildman–Crippen LogP) is -4.47. The Balaban J connectivity index is 0.000000341. The predicted molar refractivity (Wildman–Crippen MR) is 116 cm³/mol. The van der Waals surface area contributed by atoms with Gasteiger partial charge in [-0.25, -0.2) is 16.8 Å². The number of carbonyl (C=O) groups is 4. The van der Waals surface area contributed by atoms with Crippen molar-refractivity contribution < 1.29 is 104 Å². The number of Topliss-reactive ketones (excluding diaryl/α,β-unsaturated/α-hetero) is 4. The minimum Gasteiger partial charge on any atom is -0.747 e. The molecule has 36 heavy (non-hydrogen) atoms. The molecule has 2 atom stereocenters. The van der Waals surface area contributed by atoms with Gasteiger partial charge < -0.3 is 9.11 Å². The van der Waals surface area contributed by atoms with Crippen LogP contribution in [0.5, 0.6) is 0 Å². The van der Waals surface area contributed by atoms with Gasteiger partial charge in [0.25, 0.3) is 0 Å². The zero-order valence-electron chi connectivity index (χ0n) is 19.9. The second kappa shape index (κ2) is 11.4. The van der Waals surface area contributed by atoms with E-state index >= 15 is 0 Å². The normalized spacial score (nSPS) is 23.2. The number of carbonyl (C=O) groups excluding carboxylic acids is 4. The van der Waals surface area contributed by atoms with Crippen molar-refractivity contribution in [1.29, 1.82) is 0 Å².